The van der Waals surface area contributed by atoms with Gasteiger partial charge in [-0.15, -0.1) is 0 Å². The summed E-state index contributed by atoms with van der Waals surface area (Å²) in [6.07, 6.45) is 0. The third kappa shape index (κ3) is 3.02. The molecule has 0 aliphatic rings. The zero-order chi connectivity index (χ0) is 13.7. The Morgan fingerprint density at radius 1 is 1.16 bits per heavy atom. The van der Waals surface area contributed by atoms with Crippen molar-refractivity contribution in [3.05, 3.63) is 59.4 Å². The smallest absolute Gasteiger partial charge is 0.179 e. The maximum atomic E-state index is 12.8. The van der Waals surface area contributed by atoms with Gasteiger partial charge in [0.2, 0.25) is 0 Å². The minimum Gasteiger partial charge on any atom is -0.493 e. The van der Waals surface area contributed by atoms with Gasteiger partial charge in [0.05, 0.1) is 12.7 Å². The Bertz CT molecular complexity index is 603. The summed E-state index contributed by atoms with van der Waals surface area (Å²) >= 11 is 0. The number of hydrogen-bond acceptors (Lipinski definition) is 3. The summed E-state index contributed by atoms with van der Waals surface area (Å²) in [4.78, 5) is 0. The maximum Gasteiger partial charge on any atom is 0.179 e. The highest BCUT2D eigenvalue weighted by molar-refractivity contribution is 5.52. The number of nitriles is 1. The molecule has 2 aromatic carbocycles. The van der Waals surface area contributed by atoms with Crippen LogP contribution in [0.25, 0.3) is 0 Å². The van der Waals surface area contributed by atoms with E-state index in [-0.39, 0.29) is 12.4 Å². The molecule has 0 heterocycles. The standard InChI is InChI=1S/C15H12FNO2/c1-18-14-4-2-3-12(9-17)15(14)19-10-11-5-7-13(16)8-6-11/h2-8H,10H2,1H3. The van der Waals surface area contributed by atoms with Crippen molar-refractivity contribution in [3.8, 4) is 17.6 Å². The van der Waals surface area contributed by atoms with Gasteiger partial charge in [0, 0.05) is 0 Å². The summed E-state index contributed by atoms with van der Waals surface area (Å²) < 4.78 is 23.5. The average molecular weight is 257 g/mol. The molecule has 0 amide bonds. The van der Waals surface area contributed by atoms with E-state index in [0.717, 1.165) is 5.56 Å². The van der Waals surface area contributed by atoms with Crippen LogP contribution >= 0.6 is 0 Å². The van der Waals surface area contributed by atoms with Gasteiger partial charge < -0.3 is 9.47 Å². The first-order valence-electron chi connectivity index (χ1n) is 5.69. The van der Waals surface area contributed by atoms with Gasteiger partial charge in [0.25, 0.3) is 0 Å². The molecule has 0 bridgehead atoms. The number of methoxy groups -OCH3 is 1. The largest absolute Gasteiger partial charge is 0.493 e. The van der Waals surface area contributed by atoms with Gasteiger partial charge in [0.1, 0.15) is 18.5 Å². The van der Waals surface area contributed by atoms with Crippen LogP contribution in [-0.4, -0.2) is 7.11 Å². The van der Waals surface area contributed by atoms with Crippen LogP contribution in [0.5, 0.6) is 11.5 Å². The van der Waals surface area contributed by atoms with Gasteiger partial charge in [0.15, 0.2) is 11.5 Å². The molecule has 3 nitrogen and oxygen atoms in total. The molecule has 2 rings (SSSR count). The van der Waals surface area contributed by atoms with Crippen LogP contribution in [0.4, 0.5) is 4.39 Å². The summed E-state index contributed by atoms with van der Waals surface area (Å²) in [5.41, 5.74) is 1.22. The molecule has 0 unspecified atom stereocenters. The molecule has 0 radical (unpaired) electrons. The lowest BCUT2D eigenvalue weighted by molar-refractivity contribution is 0.283. The Morgan fingerprint density at radius 3 is 2.53 bits per heavy atom. The Balaban J connectivity index is 2.19. The number of hydrogen-bond donors (Lipinski definition) is 0. The quantitative estimate of drug-likeness (QED) is 0.844. The van der Waals surface area contributed by atoms with E-state index in [1.807, 2.05) is 0 Å². The Labute approximate surface area is 110 Å². The molecule has 0 aromatic heterocycles. The van der Waals surface area contributed by atoms with Crippen LogP contribution in [-0.2, 0) is 6.61 Å². The molecule has 0 N–H and O–H groups in total. The molecular formula is C15H12FNO2. The third-order valence-electron chi connectivity index (χ3n) is 2.62. The van der Waals surface area contributed by atoms with E-state index in [9.17, 15) is 4.39 Å². The van der Waals surface area contributed by atoms with Crippen LogP contribution < -0.4 is 9.47 Å². The first-order chi connectivity index (χ1) is 9.24. The highest BCUT2D eigenvalue weighted by Crippen LogP contribution is 2.31. The van der Waals surface area contributed by atoms with Crippen molar-refractivity contribution in [2.45, 2.75) is 6.61 Å². The number of ether oxygens (including phenoxy) is 2. The zero-order valence-corrected chi connectivity index (χ0v) is 10.4. The summed E-state index contributed by atoms with van der Waals surface area (Å²) in [6.45, 7) is 0.245. The van der Waals surface area contributed by atoms with E-state index in [1.165, 1.54) is 19.2 Å². The zero-order valence-electron chi connectivity index (χ0n) is 10.4. The van der Waals surface area contributed by atoms with Crippen molar-refractivity contribution in [1.82, 2.24) is 0 Å². The molecule has 0 saturated carbocycles. The molecule has 19 heavy (non-hydrogen) atoms. The summed E-state index contributed by atoms with van der Waals surface area (Å²) in [5.74, 6) is 0.608. The van der Waals surface area contributed by atoms with Gasteiger partial charge in [-0.3, -0.25) is 0 Å². The van der Waals surface area contributed by atoms with Crippen molar-refractivity contribution in [2.24, 2.45) is 0 Å². The van der Waals surface area contributed by atoms with Gasteiger partial charge >= 0.3 is 0 Å². The van der Waals surface area contributed by atoms with E-state index in [2.05, 4.69) is 6.07 Å². The van der Waals surface area contributed by atoms with Gasteiger partial charge in [-0.25, -0.2) is 4.39 Å². The molecule has 0 aliphatic heterocycles. The number of halogens is 1. The minimum absolute atomic E-state index is 0.245. The average Bonchev–Trinajstić information content (AvgIpc) is 2.46. The van der Waals surface area contributed by atoms with Gasteiger partial charge in [-0.05, 0) is 29.8 Å². The van der Waals surface area contributed by atoms with Crippen LogP contribution in [0, 0.1) is 17.1 Å². The molecule has 0 atom stereocenters. The second-order valence-electron chi connectivity index (χ2n) is 3.86. The first-order valence-corrected chi connectivity index (χ1v) is 5.69. The number of para-hydroxylation sites is 1. The molecule has 4 heteroatoms. The number of benzene rings is 2. The maximum absolute atomic E-state index is 12.8. The second kappa shape index (κ2) is 5.87. The van der Waals surface area contributed by atoms with Gasteiger partial charge in [-0.2, -0.15) is 5.26 Å². The Hall–Kier alpha value is -2.54. The minimum atomic E-state index is -0.293. The highest BCUT2D eigenvalue weighted by atomic mass is 19.1. The first kappa shape index (κ1) is 12.9. The second-order valence-corrected chi connectivity index (χ2v) is 3.86. The number of nitrogens with zero attached hydrogens (tertiary/aromatic N) is 1. The van der Waals surface area contributed by atoms with Crippen LogP contribution in [0.3, 0.4) is 0 Å². The van der Waals surface area contributed by atoms with Crippen molar-refractivity contribution in [3.63, 3.8) is 0 Å². The molecular weight excluding hydrogens is 245 g/mol. The molecule has 0 aliphatic carbocycles. The monoisotopic (exact) mass is 257 g/mol. The van der Waals surface area contributed by atoms with Crippen molar-refractivity contribution in [2.75, 3.05) is 7.11 Å². The lowest BCUT2D eigenvalue weighted by Gasteiger charge is -2.11. The molecule has 0 saturated heterocycles. The van der Waals surface area contributed by atoms with Crippen molar-refractivity contribution >= 4 is 0 Å². The molecule has 0 spiro atoms. The number of rotatable bonds is 4. The van der Waals surface area contributed by atoms with Gasteiger partial charge in [-0.1, -0.05) is 18.2 Å². The molecule has 96 valence electrons. The fourth-order valence-corrected chi connectivity index (χ4v) is 1.65. The predicted octanol–water partition coefficient (Wildman–Crippen LogP) is 3.28. The van der Waals surface area contributed by atoms with E-state index in [0.29, 0.717) is 17.1 Å². The summed E-state index contributed by atoms with van der Waals surface area (Å²) in [7, 11) is 1.52. The van der Waals surface area contributed by atoms with Crippen LogP contribution in [0.1, 0.15) is 11.1 Å². The molecule has 2 aromatic rings. The van der Waals surface area contributed by atoms with E-state index >= 15 is 0 Å². The Morgan fingerprint density at radius 2 is 1.89 bits per heavy atom. The van der Waals surface area contributed by atoms with E-state index < -0.39 is 0 Å². The summed E-state index contributed by atoms with van der Waals surface area (Å²) in [6, 6.07) is 13.2. The lowest BCUT2D eigenvalue weighted by Crippen LogP contribution is -1.99. The lowest BCUT2D eigenvalue weighted by atomic mass is 10.2. The molecule has 0 fully saturated rings. The van der Waals surface area contributed by atoms with Crippen molar-refractivity contribution < 1.29 is 13.9 Å². The normalized spacial score (nSPS) is 9.74. The summed E-state index contributed by atoms with van der Waals surface area (Å²) in [5, 5.41) is 9.04. The van der Waals surface area contributed by atoms with E-state index in [4.69, 9.17) is 14.7 Å². The third-order valence-corrected chi connectivity index (χ3v) is 2.62. The highest BCUT2D eigenvalue weighted by Gasteiger charge is 2.10. The SMILES string of the molecule is COc1cccc(C#N)c1OCc1ccc(F)cc1. The van der Waals surface area contributed by atoms with Crippen LogP contribution in [0.15, 0.2) is 42.5 Å². The van der Waals surface area contributed by atoms with Crippen LogP contribution in [0.2, 0.25) is 0 Å². The van der Waals surface area contributed by atoms with E-state index in [1.54, 1.807) is 30.3 Å². The predicted molar refractivity (Wildman–Crippen MR) is 68.4 cm³/mol. The fourth-order valence-electron chi connectivity index (χ4n) is 1.65. The van der Waals surface area contributed by atoms with Crippen molar-refractivity contribution in [1.29, 1.82) is 5.26 Å². The Kier molecular flexibility index (Phi) is 3.99. The topological polar surface area (TPSA) is 42.2 Å². The fraction of sp³-hybridized carbons (Fsp3) is 0.133.